The average molecular weight is 273 g/mol. The van der Waals surface area contributed by atoms with Gasteiger partial charge in [-0.1, -0.05) is 23.7 Å². The number of aromatic nitrogens is 2. The van der Waals surface area contributed by atoms with Crippen molar-refractivity contribution >= 4 is 39.7 Å². The molecule has 0 bridgehead atoms. The molecule has 3 rings (SSSR count). The van der Waals surface area contributed by atoms with E-state index in [4.69, 9.17) is 17.3 Å². The van der Waals surface area contributed by atoms with Crippen molar-refractivity contribution in [1.29, 1.82) is 0 Å². The van der Waals surface area contributed by atoms with E-state index in [-0.39, 0.29) is 0 Å². The molecule has 0 aliphatic carbocycles. The van der Waals surface area contributed by atoms with E-state index in [9.17, 15) is 0 Å². The van der Waals surface area contributed by atoms with Crippen LogP contribution in [0.3, 0.4) is 0 Å². The van der Waals surface area contributed by atoms with E-state index in [1.165, 1.54) is 0 Å². The standard InChI is InChI=1S/C14H13ClN4/c1-8-3-2-4-11(15)13(8)17-9-5-6-10-12(7-9)18-19-14(10)16/h2-7,17H,1H3,(H3,16,18,19). The van der Waals surface area contributed by atoms with Crippen molar-refractivity contribution in [2.24, 2.45) is 0 Å². The van der Waals surface area contributed by atoms with E-state index in [0.29, 0.717) is 10.8 Å². The molecule has 0 spiro atoms. The summed E-state index contributed by atoms with van der Waals surface area (Å²) in [5.74, 6) is 0.510. The quantitative estimate of drug-likeness (QED) is 0.664. The molecule has 0 unspecified atom stereocenters. The number of hydrogen-bond donors (Lipinski definition) is 3. The van der Waals surface area contributed by atoms with Crippen LogP contribution in [0.2, 0.25) is 5.02 Å². The largest absolute Gasteiger partial charge is 0.382 e. The third-order valence-electron chi connectivity index (χ3n) is 3.08. The van der Waals surface area contributed by atoms with Crippen LogP contribution in [0, 0.1) is 6.92 Å². The number of halogens is 1. The summed E-state index contributed by atoms with van der Waals surface area (Å²) in [5, 5.41) is 11.8. The molecule has 0 aliphatic rings. The van der Waals surface area contributed by atoms with E-state index in [2.05, 4.69) is 15.5 Å². The minimum Gasteiger partial charge on any atom is -0.382 e. The second-order valence-corrected chi connectivity index (χ2v) is 4.83. The van der Waals surface area contributed by atoms with Crippen molar-refractivity contribution in [2.75, 3.05) is 11.1 Å². The van der Waals surface area contributed by atoms with Gasteiger partial charge in [-0.2, -0.15) is 5.10 Å². The smallest absolute Gasteiger partial charge is 0.153 e. The number of H-pyrrole nitrogens is 1. The molecule has 2 aromatic carbocycles. The fraction of sp³-hybridized carbons (Fsp3) is 0.0714. The zero-order chi connectivity index (χ0) is 13.4. The Morgan fingerprint density at radius 3 is 2.89 bits per heavy atom. The lowest BCUT2D eigenvalue weighted by molar-refractivity contribution is 1.13. The fourth-order valence-electron chi connectivity index (χ4n) is 2.05. The van der Waals surface area contributed by atoms with E-state index in [1.54, 1.807) is 0 Å². The van der Waals surface area contributed by atoms with Crippen LogP contribution in [0.4, 0.5) is 17.2 Å². The van der Waals surface area contributed by atoms with Crippen molar-refractivity contribution in [3.8, 4) is 0 Å². The highest BCUT2D eigenvalue weighted by atomic mass is 35.5. The Morgan fingerprint density at radius 2 is 2.11 bits per heavy atom. The van der Waals surface area contributed by atoms with Gasteiger partial charge in [-0.3, -0.25) is 5.10 Å². The zero-order valence-electron chi connectivity index (χ0n) is 10.4. The molecule has 0 amide bonds. The lowest BCUT2D eigenvalue weighted by atomic mass is 10.1. The molecule has 5 heteroatoms. The maximum Gasteiger partial charge on any atom is 0.153 e. The molecule has 0 saturated carbocycles. The van der Waals surface area contributed by atoms with Gasteiger partial charge in [-0.05, 0) is 36.8 Å². The van der Waals surface area contributed by atoms with Gasteiger partial charge in [0.25, 0.3) is 0 Å². The van der Waals surface area contributed by atoms with Gasteiger partial charge in [0.1, 0.15) is 0 Å². The van der Waals surface area contributed by atoms with Gasteiger partial charge >= 0.3 is 0 Å². The van der Waals surface area contributed by atoms with Crippen molar-refractivity contribution in [3.05, 3.63) is 47.0 Å². The number of nitrogen functional groups attached to an aromatic ring is 1. The maximum absolute atomic E-state index is 6.20. The Balaban J connectivity index is 2.01. The molecule has 0 atom stereocenters. The summed E-state index contributed by atoms with van der Waals surface area (Å²) in [5.41, 5.74) is 9.58. The summed E-state index contributed by atoms with van der Waals surface area (Å²) < 4.78 is 0. The van der Waals surface area contributed by atoms with Crippen LogP contribution in [0.1, 0.15) is 5.56 Å². The number of rotatable bonds is 2. The Hall–Kier alpha value is -2.20. The number of fused-ring (bicyclic) bond motifs is 1. The third-order valence-corrected chi connectivity index (χ3v) is 3.40. The molecule has 4 N–H and O–H groups in total. The lowest BCUT2D eigenvalue weighted by Gasteiger charge is -2.11. The van der Waals surface area contributed by atoms with Gasteiger partial charge < -0.3 is 11.1 Å². The number of para-hydroxylation sites is 1. The predicted molar refractivity (Wildman–Crippen MR) is 80.0 cm³/mol. The Labute approximate surface area is 115 Å². The lowest BCUT2D eigenvalue weighted by Crippen LogP contribution is -1.94. The van der Waals surface area contributed by atoms with Crippen LogP contribution in [-0.4, -0.2) is 10.2 Å². The number of nitrogens with two attached hydrogens (primary N) is 1. The molecule has 0 saturated heterocycles. The molecular weight excluding hydrogens is 260 g/mol. The van der Waals surface area contributed by atoms with Crippen molar-refractivity contribution in [1.82, 2.24) is 10.2 Å². The van der Waals surface area contributed by atoms with Crippen molar-refractivity contribution < 1.29 is 0 Å². The molecule has 1 aromatic heterocycles. The first-order valence-electron chi connectivity index (χ1n) is 5.91. The minimum absolute atomic E-state index is 0.510. The van der Waals surface area contributed by atoms with E-state index < -0.39 is 0 Å². The van der Waals surface area contributed by atoms with Crippen LogP contribution in [0.5, 0.6) is 0 Å². The Bertz CT molecular complexity index is 728. The van der Waals surface area contributed by atoms with Crippen LogP contribution < -0.4 is 11.1 Å². The van der Waals surface area contributed by atoms with Crippen LogP contribution in [0.15, 0.2) is 36.4 Å². The van der Waals surface area contributed by atoms with E-state index in [0.717, 1.165) is 27.8 Å². The van der Waals surface area contributed by atoms with Crippen molar-refractivity contribution in [3.63, 3.8) is 0 Å². The summed E-state index contributed by atoms with van der Waals surface area (Å²) in [6, 6.07) is 11.7. The van der Waals surface area contributed by atoms with Gasteiger partial charge in [0.2, 0.25) is 0 Å². The van der Waals surface area contributed by atoms with Gasteiger partial charge in [-0.15, -0.1) is 0 Å². The Morgan fingerprint density at radius 1 is 1.26 bits per heavy atom. The molecule has 3 aromatic rings. The number of nitrogens with zero attached hydrogens (tertiary/aromatic N) is 1. The molecular formula is C14H13ClN4. The first kappa shape index (κ1) is 11.9. The summed E-state index contributed by atoms with van der Waals surface area (Å²) in [4.78, 5) is 0. The molecule has 96 valence electrons. The maximum atomic E-state index is 6.20. The number of benzene rings is 2. The first-order valence-corrected chi connectivity index (χ1v) is 6.28. The van der Waals surface area contributed by atoms with Crippen LogP contribution in [-0.2, 0) is 0 Å². The SMILES string of the molecule is Cc1cccc(Cl)c1Nc1ccc2c(N)n[nH]c2c1. The van der Waals surface area contributed by atoms with Crippen LogP contribution in [0.25, 0.3) is 10.9 Å². The Kier molecular flexibility index (Phi) is 2.80. The van der Waals surface area contributed by atoms with E-state index in [1.807, 2.05) is 43.3 Å². The van der Waals surface area contributed by atoms with Gasteiger partial charge in [-0.25, -0.2) is 0 Å². The second kappa shape index (κ2) is 4.48. The first-order chi connectivity index (χ1) is 9.15. The summed E-state index contributed by atoms with van der Waals surface area (Å²) in [7, 11) is 0. The number of hydrogen-bond acceptors (Lipinski definition) is 3. The molecule has 19 heavy (non-hydrogen) atoms. The fourth-order valence-corrected chi connectivity index (χ4v) is 2.32. The molecule has 1 heterocycles. The molecule has 0 aliphatic heterocycles. The number of nitrogens with one attached hydrogen (secondary N) is 2. The van der Waals surface area contributed by atoms with Gasteiger partial charge in [0.15, 0.2) is 5.82 Å². The number of aromatic amines is 1. The minimum atomic E-state index is 0.510. The van der Waals surface area contributed by atoms with Gasteiger partial charge in [0.05, 0.1) is 16.2 Å². The highest BCUT2D eigenvalue weighted by Crippen LogP contribution is 2.30. The third kappa shape index (κ3) is 2.11. The molecule has 0 fully saturated rings. The number of anilines is 3. The highest BCUT2D eigenvalue weighted by Gasteiger charge is 2.06. The van der Waals surface area contributed by atoms with Gasteiger partial charge in [0, 0.05) is 11.1 Å². The molecule has 0 radical (unpaired) electrons. The highest BCUT2D eigenvalue weighted by molar-refractivity contribution is 6.33. The second-order valence-electron chi connectivity index (χ2n) is 4.43. The summed E-state index contributed by atoms with van der Waals surface area (Å²) in [6.07, 6.45) is 0. The summed E-state index contributed by atoms with van der Waals surface area (Å²) in [6.45, 7) is 2.01. The monoisotopic (exact) mass is 272 g/mol. The van der Waals surface area contributed by atoms with E-state index >= 15 is 0 Å². The van der Waals surface area contributed by atoms with Crippen molar-refractivity contribution in [2.45, 2.75) is 6.92 Å². The predicted octanol–water partition coefficient (Wildman–Crippen LogP) is 3.85. The number of aryl methyl sites for hydroxylation is 1. The van der Waals surface area contributed by atoms with Crippen LogP contribution >= 0.6 is 11.6 Å². The topological polar surface area (TPSA) is 66.7 Å². The molecule has 4 nitrogen and oxygen atoms in total. The average Bonchev–Trinajstić information content (AvgIpc) is 2.76. The summed E-state index contributed by atoms with van der Waals surface area (Å²) >= 11 is 6.20. The normalized spacial score (nSPS) is 10.8. The zero-order valence-corrected chi connectivity index (χ0v) is 11.1.